The molecule has 1 saturated heterocycles. The molecule has 9 nitrogen and oxygen atoms in total. The minimum absolute atomic E-state index is 0.00281. The molecular formula is C13H21N5O4. The number of aliphatic carboxylic acids is 1. The quantitative estimate of drug-likeness (QED) is 0.881. The second-order valence-corrected chi connectivity index (χ2v) is 6.31. The number of likely N-dealkylation sites (tertiary alicyclic amines) is 1. The highest BCUT2D eigenvalue weighted by Crippen LogP contribution is 2.23. The molecule has 1 aliphatic rings. The molecule has 0 aliphatic carbocycles. The van der Waals surface area contributed by atoms with Crippen molar-refractivity contribution in [3.8, 4) is 0 Å². The fraction of sp³-hybridized carbons (Fsp3) is 0.769. The molecule has 1 aromatic heterocycles. The number of aromatic nitrogens is 4. The Bertz CT molecular complexity index is 543. The summed E-state index contributed by atoms with van der Waals surface area (Å²) in [6, 6.07) is 0.00281. The summed E-state index contributed by atoms with van der Waals surface area (Å²) in [6.07, 6.45) is 0.793. The normalized spacial score (nSPS) is 16.6. The number of carbonyl (C=O) groups excluding carboxylic acids is 1. The lowest BCUT2D eigenvalue weighted by molar-refractivity contribution is -0.136. The fourth-order valence-corrected chi connectivity index (χ4v) is 2.37. The Morgan fingerprint density at radius 2 is 1.95 bits per heavy atom. The van der Waals surface area contributed by atoms with E-state index in [0.29, 0.717) is 31.8 Å². The maximum Gasteiger partial charge on any atom is 0.410 e. The van der Waals surface area contributed by atoms with Gasteiger partial charge in [-0.3, -0.25) is 4.79 Å². The van der Waals surface area contributed by atoms with Crippen molar-refractivity contribution in [2.45, 2.75) is 51.7 Å². The van der Waals surface area contributed by atoms with Crippen LogP contribution in [-0.4, -0.2) is 61.0 Å². The number of amides is 1. The lowest BCUT2D eigenvalue weighted by Gasteiger charge is -2.33. The van der Waals surface area contributed by atoms with E-state index in [1.807, 2.05) is 20.8 Å². The molecule has 0 unspecified atom stereocenters. The Labute approximate surface area is 128 Å². The van der Waals surface area contributed by atoms with Crippen molar-refractivity contribution >= 4 is 12.1 Å². The van der Waals surface area contributed by atoms with E-state index >= 15 is 0 Å². The van der Waals surface area contributed by atoms with Gasteiger partial charge in [0.15, 0.2) is 5.82 Å². The molecule has 1 aromatic rings. The van der Waals surface area contributed by atoms with Crippen LogP contribution in [0.1, 0.15) is 45.5 Å². The van der Waals surface area contributed by atoms with Gasteiger partial charge in [0.2, 0.25) is 0 Å². The number of ether oxygens (including phenoxy) is 1. The van der Waals surface area contributed by atoms with Crippen LogP contribution in [0.4, 0.5) is 4.79 Å². The molecule has 0 saturated carbocycles. The molecule has 0 aromatic carbocycles. The van der Waals surface area contributed by atoms with E-state index in [1.54, 1.807) is 9.58 Å². The maximum absolute atomic E-state index is 12.0. The second kappa shape index (κ2) is 6.29. The average Bonchev–Trinajstić information content (AvgIpc) is 2.84. The Morgan fingerprint density at radius 3 is 2.50 bits per heavy atom. The van der Waals surface area contributed by atoms with Gasteiger partial charge in [-0.15, -0.1) is 5.10 Å². The van der Waals surface area contributed by atoms with Crippen molar-refractivity contribution in [2.24, 2.45) is 0 Å². The summed E-state index contributed by atoms with van der Waals surface area (Å²) in [7, 11) is 0. The van der Waals surface area contributed by atoms with Crippen molar-refractivity contribution in [3.05, 3.63) is 5.82 Å². The van der Waals surface area contributed by atoms with E-state index < -0.39 is 11.6 Å². The predicted molar refractivity (Wildman–Crippen MR) is 75.2 cm³/mol. The summed E-state index contributed by atoms with van der Waals surface area (Å²) in [5.74, 6) is -0.634. The van der Waals surface area contributed by atoms with E-state index in [-0.39, 0.29) is 18.6 Å². The largest absolute Gasteiger partial charge is 0.481 e. The summed E-state index contributed by atoms with van der Waals surface area (Å²) in [5.41, 5.74) is -0.515. The zero-order chi connectivity index (χ0) is 16.3. The first-order valence-electron chi connectivity index (χ1n) is 7.23. The number of rotatable bonds is 3. The number of hydrogen-bond donors (Lipinski definition) is 1. The number of carboxylic acid groups (broad SMARTS) is 1. The monoisotopic (exact) mass is 311 g/mol. The van der Waals surface area contributed by atoms with Gasteiger partial charge in [-0.25, -0.2) is 9.48 Å². The average molecular weight is 311 g/mol. The summed E-state index contributed by atoms with van der Waals surface area (Å²) in [6.45, 7) is 6.56. The topological polar surface area (TPSA) is 110 Å². The number of nitrogens with zero attached hydrogens (tertiary/aromatic N) is 5. The lowest BCUT2D eigenvalue weighted by Crippen LogP contribution is -2.42. The van der Waals surface area contributed by atoms with E-state index in [1.165, 1.54) is 0 Å². The van der Waals surface area contributed by atoms with Crippen LogP contribution in [0.3, 0.4) is 0 Å². The highest BCUT2D eigenvalue weighted by atomic mass is 16.6. The molecule has 1 aliphatic heterocycles. The van der Waals surface area contributed by atoms with Gasteiger partial charge in [-0.1, -0.05) is 0 Å². The summed E-state index contributed by atoms with van der Waals surface area (Å²) < 4.78 is 6.90. The van der Waals surface area contributed by atoms with Crippen molar-refractivity contribution in [3.63, 3.8) is 0 Å². The van der Waals surface area contributed by atoms with Crippen LogP contribution in [-0.2, 0) is 16.0 Å². The molecule has 0 radical (unpaired) electrons. The van der Waals surface area contributed by atoms with Gasteiger partial charge in [-0.2, -0.15) is 0 Å². The van der Waals surface area contributed by atoms with Crippen molar-refractivity contribution < 1.29 is 19.4 Å². The van der Waals surface area contributed by atoms with Crippen molar-refractivity contribution in [1.82, 2.24) is 25.1 Å². The molecule has 1 N–H and O–H groups in total. The van der Waals surface area contributed by atoms with Gasteiger partial charge in [0.1, 0.15) is 12.0 Å². The molecule has 0 spiro atoms. The van der Waals surface area contributed by atoms with Crippen LogP contribution in [0.2, 0.25) is 0 Å². The highest BCUT2D eigenvalue weighted by Gasteiger charge is 2.29. The van der Waals surface area contributed by atoms with Crippen LogP contribution in [0.25, 0.3) is 0 Å². The standard InChI is InChI=1S/C13H21N5O4/c1-13(2,3)22-12(21)17-6-4-9(5-7-17)18-10(8-11(19)20)14-15-16-18/h9H,4-8H2,1-3H3,(H,19,20). The van der Waals surface area contributed by atoms with E-state index in [4.69, 9.17) is 9.84 Å². The smallest absolute Gasteiger partial charge is 0.410 e. The Hall–Kier alpha value is -2.19. The van der Waals surface area contributed by atoms with Crippen molar-refractivity contribution in [1.29, 1.82) is 0 Å². The van der Waals surface area contributed by atoms with Gasteiger partial charge in [0.25, 0.3) is 0 Å². The van der Waals surface area contributed by atoms with Gasteiger partial charge in [-0.05, 0) is 44.0 Å². The van der Waals surface area contributed by atoms with Crippen LogP contribution >= 0.6 is 0 Å². The zero-order valence-electron chi connectivity index (χ0n) is 13.0. The van der Waals surface area contributed by atoms with Crippen LogP contribution in [0.15, 0.2) is 0 Å². The Kier molecular flexibility index (Phi) is 4.62. The predicted octanol–water partition coefficient (Wildman–Crippen LogP) is 0.872. The number of carbonyl (C=O) groups is 2. The minimum Gasteiger partial charge on any atom is -0.481 e. The van der Waals surface area contributed by atoms with Crippen molar-refractivity contribution in [2.75, 3.05) is 13.1 Å². The number of piperidine rings is 1. The molecule has 2 heterocycles. The van der Waals surface area contributed by atoms with Crippen LogP contribution < -0.4 is 0 Å². The third-order valence-electron chi connectivity index (χ3n) is 3.33. The van der Waals surface area contributed by atoms with Gasteiger partial charge >= 0.3 is 12.1 Å². The fourth-order valence-electron chi connectivity index (χ4n) is 2.37. The Morgan fingerprint density at radius 1 is 1.32 bits per heavy atom. The number of hydrogen-bond acceptors (Lipinski definition) is 6. The van der Waals surface area contributed by atoms with E-state index in [9.17, 15) is 9.59 Å². The molecule has 2 rings (SSSR count). The summed E-state index contributed by atoms with van der Waals surface area (Å²) in [4.78, 5) is 24.5. The molecule has 0 atom stereocenters. The van der Waals surface area contributed by atoms with Crippen LogP contribution in [0.5, 0.6) is 0 Å². The number of tetrazole rings is 1. The molecule has 22 heavy (non-hydrogen) atoms. The minimum atomic E-state index is -0.970. The molecule has 1 amide bonds. The Balaban J connectivity index is 1.94. The molecule has 9 heteroatoms. The van der Waals surface area contributed by atoms with Crippen LogP contribution in [0, 0.1) is 0 Å². The highest BCUT2D eigenvalue weighted by molar-refractivity contribution is 5.69. The van der Waals surface area contributed by atoms with Gasteiger partial charge < -0.3 is 14.7 Å². The van der Waals surface area contributed by atoms with E-state index in [2.05, 4.69) is 15.5 Å². The molecular weight excluding hydrogens is 290 g/mol. The SMILES string of the molecule is CC(C)(C)OC(=O)N1CCC(n2nnnc2CC(=O)O)CC1. The molecule has 1 fully saturated rings. The first-order chi connectivity index (χ1) is 10.3. The first-order valence-corrected chi connectivity index (χ1v) is 7.23. The van der Waals surface area contributed by atoms with Gasteiger partial charge in [0.05, 0.1) is 6.04 Å². The second-order valence-electron chi connectivity index (χ2n) is 6.31. The summed E-state index contributed by atoms with van der Waals surface area (Å²) >= 11 is 0. The lowest BCUT2D eigenvalue weighted by atomic mass is 10.1. The maximum atomic E-state index is 12.0. The van der Waals surface area contributed by atoms with Gasteiger partial charge in [0, 0.05) is 13.1 Å². The number of carboxylic acids is 1. The first kappa shape index (κ1) is 16.2. The molecule has 122 valence electrons. The third kappa shape index (κ3) is 4.15. The summed E-state index contributed by atoms with van der Waals surface area (Å²) in [5, 5.41) is 20.0. The zero-order valence-corrected chi connectivity index (χ0v) is 13.0. The van der Waals surface area contributed by atoms with E-state index in [0.717, 1.165) is 0 Å². The third-order valence-corrected chi connectivity index (χ3v) is 3.33. The molecule has 0 bridgehead atoms.